The SMILES string of the molecule is Cc1ccc2nc(N/N=C\c3ccc(Oc4ccccc4)cc3)sc2c1. The molecule has 26 heavy (non-hydrogen) atoms. The average Bonchev–Trinajstić information content (AvgIpc) is 3.06. The lowest BCUT2D eigenvalue weighted by Gasteiger charge is -2.05. The van der Waals surface area contributed by atoms with Crippen LogP contribution in [0.5, 0.6) is 11.5 Å². The van der Waals surface area contributed by atoms with Crippen molar-refractivity contribution in [2.24, 2.45) is 5.10 Å². The lowest BCUT2D eigenvalue weighted by molar-refractivity contribution is 0.482. The van der Waals surface area contributed by atoms with Gasteiger partial charge in [0.25, 0.3) is 0 Å². The molecular weight excluding hydrogens is 342 g/mol. The summed E-state index contributed by atoms with van der Waals surface area (Å²) in [5.74, 6) is 1.62. The van der Waals surface area contributed by atoms with Crippen molar-refractivity contribution in [2.45, 2.75) is 6.92 Å². The molecule has 0 spiro atoms. The summed E-state index contributed by atoms with van der Waals surface area (Å²) in [6, 6.07) is 23.7. The third-order valence-corrected chi connectivity index (χ3v) is 4.70. The number of anilines is 1. The molecule has 0 aliphatic rings. The van der Waals surface area contributed by atoms with Gasteiger partial charge in [0.2, 0.25) is 5.13 Å². The van der Waals surface area contributed by atoms with Gasteiger partial charge in [-0.15, -0.1) is 0 Å². The first-order valence-electron chi connectivity index (χ1n) is 8.25. The molecule has 0 fully saturated rings. The summed E-state index contributed by atoms with van der Waals surface area (Å²) in [4.78, 5) is 4.52. The molecule has 0 saturated heterocycles. The minimum absolute atomic E-state index is 0.783. The summed E-state index contributed by atoms with van der Waals surface area (Å²) in [5.41, 5.74) is 6.20. The molecule has 0 aliphatic carbocycles. The second-order valence-corrected chi connectivity index (χ2v) is 6.87. The zero-order valence-corrected chi connectivity index (χ0v) is 15.0. The topological polar surface area (TPSA) is 46.5 Å². The van der Waals surface area contributed by atoms with Crippen LogP contribution in [0.4, 0.5) is 5.13 Å². The Kier molecular flexibility index (Phi) is 4.62. The van der Waals surface area contributed by atoms with Crippen LogP contribution >= 0.6 is 11.3 Å². The van der Waals surface area contributed by atoms with Crippen LogP contribution in [0.1, 0.15) is 11.1 Å². The van der Waals surface area contributed by atoms with E-state index in [0.29, 0.717) is 0 Å². The molecule has 4 nitrogen and oxygen atoms in total. The van der Waals surface area contributed by atoms with Gasteiger partial charge in [0.05, 0.1) is 16.4 Å². The van der Waals surface area contributed by atoms with Gasteiger partial charge in [-0.2, -0.15) is 5.10 Å². The third kappa shape index (κ3) is 3.90. The molecule has 4 rings (SSSR count). The minimum atomic E-state index is 0.783. The highest BCUT2D eigenvalue weighted by Gasteiger charge is 2.02. The van der Waals surface area contributed by atoms with E-state index in [1.54, 1.807) is 17.6 Å². The van der Waals surface area contributed by atoms with Crippen molar-refractivity contribution in [3.05, 3.63) is 83.9 Å². The Hall–Kier alpha value is -3.18. The highest BCUT2D eigenvalue weighted by atomic mass is 32.1. The molecule has 0 radical (unpaired) electrons. The zero-order chi connectivity index (χ0) is 17.8. The number of ether oxygens (including phenoxy) is 1. The lowest BCUT2D eigenvalue weighted by atomic mass is 10.2. The number of nitrogens with one attached hydrogen (secondary N) is 1. The van der Waals surface area contributed by atoms with Crippen molar-refractivity contribution in [3.63, 3.8) is 0 Å². The van der Waals surface area contributed by atoms with Crippen LogP contribution < -0.4 is 10.2 Å². The first-order valence-corrected chi connectivity index (χ1v) is 9.07. The Balaban J connectivity index is 1.40. The number of para-hydroxylation sites is 1. The van der Waals surface area contributed by atoms with Gasteiger partial charge >= 0.3 is 0 Å². The van der Waals surface area contributed by atoms with E-state index in [-0.39, 0.29) is 0 Å². The number of benzene rings is 3. The van der Waals surface area contributed by atoms with Gasteiger partial charge in [-0.05, 0) is 66.6 Å². The van der Waals surface area contributed by atoms with Crippen LogP contribution in [-0.2, 0) is 0 Å². The van der Waals surface area contributed by atoms with Crippen molar-refractivity contribution < 1.29 is 4.74 Å². The fourth-order valence-corrected chi connectivity index (χ4v) is 3.40. The molecule has 1 heterocycles. The fourth-order valence-electron chi connectivity index (χ4n) is 2.49. The van der Waals surface area contributed by atoms with E-state index in [4.69, 9.17) is 4.74 Å². The summed E-state index contributed by atoms with van der Waals surface area (Å²) in [6.45, 7) is 2.08. The molecule has 3 aromatic carbocycles. The van der Waals surface area contributed by atoms with Crippen LogP contribution in [0.25, 0.3) is 10.2 Å². The molecule has 0 atom stereocenters. The highest BCUT2D eigenvalue weighted by Crippen LogP contribution is 2.26. The van der Waals surface area contributed by atoms with Gasteiger partial charge in [-0.25, -0.2) is 4.98 Å². The maximum atomic E-state index is 5.78. The maximum Gasteiger partial charge on any atom is 0.204 e. The number of aromatic nitrogens is 1. The number of hydrogen-bond donors (Lipinski definition) is 1. The lowest BCUT2D eigenvalue weighted by Crippen LogP contribution is -1.90. The third-order valence-electron chi connectivity index (χ3n) is 3.78. The normalized spacial score (nSPS) is 11.1. The molecule has 0 saturated carbocycles. The van der Waals surface area contributed by atoms with Gasteiger partial charge in [-0.3, -0.25) is 5.43 Å². The predicted octanol–water partition coefficient (Wildman–Crippen LogP) is 5.84. The predicted molar refractivity (Wildman–Crippen MR) is 109 cm³/mol. The van der Waals surface area contributed by atoms with Crippen molar-refractivity contribution in [3.8, 4) is 11.5 Å². The molecule has 4 aromatic rings. The maximum absolute atomic E-state index is 5.78. The first kappa shape index (κ1) is 16.3. The Morgan fingerprint density at radius 1 is 0.962 bits per heavy atom. The number of aryl methyl sites for hydroxylation is 1. The smallest absolute Gasteiger partial charge is 0.204 e. The minimum Gasteiger partial charge on any atom is -0.457 e. The van der Waals surface area contributed by atoms with Gasteiger partial charge in [0.15, 0.2) is 0 Å². The van der Waals surface area contributed by atoms with Gasteiger partial charge in [-0.1, -0.05) is 35.6 Å². The second-order valence-electron chi connectivity index (χ2n) is 5.84. The number of hydrogen-bond acceptors (Lipinski definition) is 5. The number of fused-ring (bicyclic) bond motifs is 1. The number of thiazole rings is 1. The summed E-state index contributed by atoms with van der Waals surface area (Å²) >= 11 is 1.59. The van der Waals surface area contributed by atoms with Crippen molar-refractivity contribution in [1.82, 2.24) is 4.98 Å². The molecule has 0 aliphatic heterocycles. The summed E-state index contributed by atoms with van der Waals surface area (Å²) in [6.07, 6.45) is 1.77. The Morgan fingerprint density at radius 2 is 1.73 bits per heavy atom. The van der Waals surface area contributed by atoms with E-state index in [0.717, 1.165) is 32.4 Å². The number of hydrazone groups is 1. The summed E-state index contributed by atoms with van der Waals surface area (Å²) in [7, 11) is 0. The van der Waals surface area contributed by atoms with Crippen molar-refractivity contribution in [2.75, 3.05) is 5.43 Å². The van der Waals surface area contributed by atoms with E-state index >= 15 is 0 Å². The fraction of sp³-hybridized carbons (Fsp3) is 0.0476. The number of nitrogens with zero attached hydrogens (tertiary/aromatic N) is 2. The average molecular weight is 359 g/mol. The Bertz CT molecular complexity index is 1040. The van der Waals surface area contributed by atoms with E-state index in [9.17, 15) is 0 Å². The largest absolute Gasteiger partial charge is 0.457 e. The van der Waals surface area contributed by atoms with Crippen LogP contribution in [0, 0.1) is 6.92 Å². The molecule has 0 unspecified atom stereocenters. The van der Waals surface area contributed by atoms with Crippen molar-refractivity contribution in [1.29, 1.82) is 0 Å². The van der Waals surface area contributed by atoms with Gasteiger partial charge in [0.1, 0.15) is 11.5 Å². The van der Waals surface area contributed by atoms with Crippen molar-refractivity contribution >= 4 is 32.9 Å². The summed E-state index contributed by atoms with van der Waals surface area (Å²) in [5, 5.41) is 5.06. The zero-order valence-electron chi connectivity index (χ0n) is 14.2. The molecule has 1 aromatic heterocycles. The number of rotatable bonds is 5. The molecule has 0 bridgehead atoms. The van der Waals surface area contributed by atoms with E-state index < -0.39 is 0 Å². The second kappa shape index (κ2) is 7.37. The molecule has 128 valence electrons. The standard InChI is InChI=1S/C21H17N3OS/c1-15-7-12-19-20(13-15)26-21(23-19)24-22-14-16-8-10-18(11-9-16)25-17-5-3-2-4-6-17/h2-14H,1H3,(H,23,24)/b22-14-. The monoisotopic (exact) mass is 359 g/mol. The molecule has 5 heteroatoms. The van der Waals surface area contributed by atoms with E-state index in [1.165, 1.54) is 5.56 Å². The van der Waals surface area contributed by atoms with Crippen LogP contribution in [-0.4, -0.2) is 11.2 Å². The van der Waals surface area contributed by atoms with Crippen LogP contribution in [0.2, 0.25) is 0 Å². The molecular formula is C21H17N3OS. The Morgan fingerprint density at radius 3 is 2.54 bits per heavy atom. The van der Waals surface area contributed by atoms with Crippen LogP contribution in [0.3, 0.4) is 0 Å². The first-order chi connectivity index (χ1) is 12.8. The van der Waals surface area contributed by atoms with E-state index in [2.05, 4.69) is 34.6 Å². The molecule has 1 N–H and O–H groups in total. The quantitative estimate of drug-likeness (QED) is 0.359. The molecule has 0 amide bonds. The van der Waals surface area contributed by atoms with Gasteiger partial charge < -0.3 is 4.74 Å². The van der Waals surface area contributed by atoms with E-state index in [1.807, 2.05) is 60.7 Å². The van der Waals surface area contributed by atoms with Crippen LogP contribution in [0.15, 0.2) is 77.9 Å². The highest BCUT2D eigenvalue weighted by molar-refractivity contribution is 7.22. The van der Waals surface area contributed by atoms with Gasteiger partial charge in [0, 0.05) is 0 Å². The Labute approximate surface area is 155 Å². The summed E-state index contributed by atoms with van der Waals surface area (Å²) < 4.78 is 6.94.